The number of anilines is 1. The average molecular weight is 396 g/mol. The summed E-state index contributed by atoms with van der Waals surface area (Å²) in [5.74, 6) is -0.0438. The molecule has 6 heteroatoms. The van der Waals surface area contributed by atoms with Gasteiger partial charge in [0.2, 0.25) is 5.91 Å². The van der Waals surface area contributed by atoms with Crippen molar-refractivity contribution in [2.75, 3.05) is 5.32 Å². The number of nitrogens with one attached hydrogen (secondary N) is 1. The molecule has 0 fully saturated rings. The molecule has 0 saturated heterocycles. The maximum absolute atomic E-state index is 12.5. The van der Waals surface area contributed by atoms with Crippen molar-refractivity contribution >= 4 is 39.5 Å². The molecule has 0 aliphatic rings. The molecule has 4 nitrogen and oxygen atoms in total. The first-order chi connectivity index (χ1) is 13.0. The number of nitrogens with zero attached hydrogens (tertiary/aromatic N) is 2. The molecular weight excluding hydrogens is 378 g/mol. The van der Waals surface area contributed by atoms with Crippen LogP contribution in [0.4, 0.5) is 5.69 Å². The minimum atomic E-state index is -0.0438. The van der Waals surface area contributed by atoms with Gasteiger partial charge >= 0.3 is 0 Å². The lowest BCUT2D eigenvalue weighted by atomic mass is 10.1. The number of hydrogen-bond acceptors (Lipinski definition) is 3. The zero-order chi connectivity index (χ0) is 19.0. The second-order valence-electron chi connectivity index (χ2n) is 6.62. The predicted molar refractivity (Wildman–Crippen MR) is 112 cm³/mol. The molecule has 4 rings (SSSR count). The van der Waals surface area contributed by atoms with Gasteiger partial charge in [-0.1, -0.05) is 29.8 Å². The smallest absolute Gasteiger partial charge is 0.230 e. The fourth-order valence-corrected chi connectivity index (χ4v) is 4.22. The highest BCUT2D eigenvalue weighted by atomic mass is 35.5. The van der Waals surface area contributed by atoms with Gasteiger partial charge in [0.15, 0.2) is 4.96 Å². The number of imidazole rings is 1. The number of carbonyl (C=O) groups excluding carboxylic acids is 1. The zero-order valence-electron chi connectivity index (χ0n) is 15.0. The number of fused-ring (bicyclic) bond motifs is 1. The summed E-state index contributed by atoms with van der Waals surface area (Å²) in [6.07, 6.45) is 2.25. The Morgan fingerprint density at radius 1 is 1.19 bits per heavy atom. The summed E-state index contributed by atoms with van der Waals surface area (Å²) in [6.45, 7) is 4.04. The Kier molecular flexibility index (Phi) is 4.72. The quantitative estimate of drug-likeness (QED) is 0.495. The first kappa shape index (κ1) is 17.8. The van der Waals surface area contributed by atoms with E-state index in [2.05, 4.69) is 16.4 Å². The predicted octanol–water partition coefficient (Wildman–Crippen LogP) is 5.51. The van der Waals surface area contributed by atoms with Gasteiger partial charge in [0.25, 0.3) is 0 Å². The Labute approximate surface area is 166 Å². The minimum absolute atomic E-state index is 0.0438. The normalized spacial score (nSPS) is 11.1. The summed E-state index contributed by atoms with van der Waals surface area (Å²) >= 11 is 7.61. The molecule has 0 saturated carbocycles. The van der Waals surface area contributed by atoms with Crippen molar-refractivity contribution in [3.05, 3.63) is 75.9 Å². The van der Waals surface area contributed by atoms with Gasteiger partial charge in [-0.15, -0.1) is 11.3 Å². The molecule has 2 heterocycles. The lowest BCUT2D eigenvalue weighted by Crippen LogP contribution is -2.15. The molecule has 0 unspecified atom stereocenters. The van der Waals surface area contributed by atoms with Crippen LogP contribution in [0.3, 0.4) is 0 Å². The number of aromatic nitrogens is 2. The average Bonchev–Trinajstić information content (AvgIpc) is 3.16. The summed E-state index contributed by atoms with van der Waals surface area (Å²) in [7, 11) is 0. The summed E-state index contributed by atoms with van der Waals surface area (Å²) in [5.41, 5.74) is 5.81. The second kappa shape index (κ2) is 7.18. The van der Waals surface area contributed by atoms with Crippen LogP contribution in [-0.4, -0.2) is 15.3 Å². The van der Waals surface area contributed by atoms with Crippen LogP contribution < -0.4 is 5.32 Å². The molecule has 2 aromatic heterocycles. The fraction of sp³-hybridized carbons (Fsp3) is 0.143. The minimum Gasteiger partial charge on any atom is -0.326 e. The van der Waals surface area contributed by atoms with E-state index in [0.717, 1.165) is 38.7 Å². The first-order valence-corrected chi connectivity index (χ1v) is 9.83. The topological polar surface area (TPSA) is 46.4 Å². The molecule has 4 aromatic rings. The number of halogens is 1. The van der Waals surface area contributed by atoms with Crippen LogP contribution in [-0.2, 0) is 11.2 Å². The van der Waals surface area contributed by atoms with E-state index in [1.54, 1.807) is 0 Å². The van der Waals surface area contributed by atoms with Gasteiger partial charge in [-0.05, 0) is 49.2 Å². The Morgan fingerprint density at radius 3 is 2.70 bits per heavy atom. The lowest BCUT2D eigenvalue weighted by Gasteiger charge is -2.07. The van der Waals surface area contributed by atoms with Crippen molar-refractivity contribution < 1.29 is 4.79 Å². The third-order valence-corrected chi connectivity index (χ3v) is 5.37. The van der Waals surface area contributed by atoms with Crippen molar-refractivity contribution in [3.63, 3.8) is 0 Å². The molecule has 0 radical (unpaired) electrons. The molecular formula is C21H18ClN3OS. The number of hydrogen-bond donors (Lipinski definition) is 1. The molecule has 27 heavy (non-hydrogen) atoms. The molecule has 1 N–H and O–H groups in total. The van der Waals surface area contributed by atoms with Crippen LogP contribution in [0.2, 0.25) is 5.02 Å². The summed E-state index contributed by atoms with van der Waals surface area (Å²) in [6, 6.07) is 13.6. The Morgan fingerprint density at radius 2 is 1.96 bits per heavy atom. The number of thiazole rings is 1. The van der Waals surface area contributed by atoms with E-state index in [1.807, 2.05) is 66.2 Å². The van der Waals surface area contributed by atoms with Crippen LogP contribution in [0.5, 0.6) is 0 Å². The van der Waals surface area contributed by atoms with E-state index in [-0.39, 0.29) is 5.91 Å². The molecule has 2 aromatic carbocycles. The summed E-state index contributed by atoms with van der Waals surface area (Å²) in [4.78, 5) is 18.0. The van der Waals surface area contributed by atoms with E-state index in [1.165, 1.54) is 11.3 Å². The number of aryl methyl sites for hydroxylation is 2. The van der Waals surface area contributed by atoms with Gasteiger partial charge in [-0.25, -0.2) is 4.98 Å². The molecule has 1 amide bonds. The van der Waals surface area contributed by atoms with Gasteiger partial charge in [0.05, 0.1) is 12.1 Å². The number of carbonyl (C=O) groups is 1. The van der Waals surface area contributed by atoms with E-state index in [9.17, 15) is 4.79 Å². The van der Waals surface area contributed by atoms with Crippen molar-refractivity contribution in [2.24, 2.45) is 0 Å². The van der Waals surface area contributed by atoms with Gasteiger partial charge in [0.1, 0.15) is 0 Å². The standard InChI is InChI=1S/C21H18ClN3OS/c1-13-6-14(2)8-17(7-13)23-20(26)10-18-12-27-21-24-19(11-25(18)21)15-4-3-5-16(22)9-15/h3-9,11-12H,10H2,1-2H3,(H,23,26). The molecule has 0 bridgehead atoms. The molecule has 0 aliphatic carbocycles. The highest BCUT2D eigenvalue weighted by molar-refractivity contribution is 7.15. The highest BCUT2D eigenvalue weighted by Crippen LogP contribution is 2.26. The monoisotopic (exact) mass is 395 g/mol. The van der Waals surface area contributed by atoms with E-state index in [0.29, 0.717) is 11.4 Å². The van der Waals surface area contributed by atoms with Crippen molar-refractivity contribution in [2.45, 2.75) is 20.3 Å². The highest BCUT2D eigenvalue weighted by Gasteiger charge is 2.13. The largest absolute Gasteiger partial charge is 0.326 e. The number of amides is 1. The van der Waals surface area contributed by atoms with Gasteiger partial charge in [-0.3, -0.25) is 9.20 Å². The number of benzene rings is 2. The number of rotatable bonds is 4. The Hall–Kier alpha value is -2.63. The SMILES string of the molecule is Cc1cc(C)cc(NC(=O)Cc2csc3nc(-c4cccc(Cl)c4)cn23)c1. The molecule has 0 spiro atoms. The van der Waals surface area contributed by atoms with Crippen molar-refractivity contribution in [1.29, 1.82) is 0 Å². The van der Waals surface area contributed by atoms with Crippen LogP contribution in [0.25, 0.3) is 16.2 Å². The molecule has 136 valence electrons. The van der Waals surface area contributed by atoms with Crippen molar-refractivity contribution in [3.8, 4) is 11.3 Å². The zero-order valence-corrected chi connectivity index (χ0v) is 16.6. The van der Waals surface area contributed by atoms with Crippen LogP contribution in [0.1, 0.15) is 16.8 Å². The van der Waals surface area contributed by atoms with Gasteiger partial charge in [0, 0.05) is 33.5 Å². The van der Waals surface area contributed by atoms with E-state index >= 15 is 0 Å². The first-order valence-electron chi connectivity index (χ1n) is 8.57. The van der Waals surface area contributed by atoms with E-state index < -0.39 is 0 Å². The summed E-state index contributed by atoms with van der Waals surface area (Å²) < 4.78 is 1.97. The van der Waals surface area contributed by atoms with Crippen LogP contribution in [0, 0.1) is 13.8 Å². The summed E-state index contributed by atoms with van der Waals surface area (Å²) in [5, 5.41) is 5.64. The Bertz CT molecular complexity index is 1130. The molecule has 0 atom stereocenters. The van der Waals surface area contributed by atoms with Crippen LogP contribution in [0.15, 0.2) is 54.0 Å². The fourth-order valence-electron chi connectivity index (χ4n) is 3.16. The Balaban J connectivity index is 1.56. The third kappa shape index (κ3) is 3.89. The lowest BCUT2D eigenvalue weighted by molar-refractivity contribution is -0.115. The second-order valence-corrected chi connectivity index (χ2v) is 7.89. The maximum atomic E-state index is 12.5. The van der Waals surface area contributed by atoms with Gasteiger partial charge in [-0.2, -0.15) is 0 Å². The van der Waals surface area contributed by atoms with Crippen molar-refractivity contribution in [1.82, 2.24) is 9.38 Å². The third-order valence-electron chi connectivity index (χ3n) is 4.25. The van der Waals surface area contributed by atoms with Gasteiger partial charge < -0.3 is 5.32 Å². The molecule has 0 aliphatic heterocycles. The maximum Gasteiger partial charge on any atom is 0.230 e. The van der Waals surface area contributed by atoms with E-state index in [4.69, 9.17) is 11.6 Å². The van der Waals surface area contributed by atoms with Crippen LogP contribution >= 0.6 is 22.9 Å².